The smallest absolute Gasteiger partial charge is 0.0672 e. The molecule has 2 aromatic heterocycles. The summed E-state index contributed by atoms with van der Waals surface area (Å²) in [5, 5.41) is 7.98. The Morgan fingerprint density at radius 2 is 1.95 bits per heavy atom. The molecule has 108 valence electrons. The lowest BCUT2D eigenvalue weighted by atomic mass is 10.1. The van der Waals surface area contributed by atoms with Crippen LogP contribution in [0.1, 0.15) is 45.0 Å². The van der Waals surface area contributed by atoms with Crippen LogP contribution in [0.2, 0.25) is 0 Å². The average molecular weight is 272 g/mol. The molecule has 0 saturated carbocycles. The van der Waals surface area contributed by atoms with Crippen LogP contribution in [-0.2, 0) is 6.54 Å². The van der Waals surface area contributed by atoms with Gasteiger partial charge in [0.15, 0.2) is 0 Å². The molecule has 0 saturated heterocycles. The molecule has 0 spiro atoms. The summed E-state index contributed by atoms with van der Waals surface area (Å²) < 4.78 is 2.00. The van der Waals surface area contributed by atoms with Crippen molar-refractivity contribution in [1.29, 1.82) is 0 Å². The van der Waals surface area contributed by atoms with E-state index >= 15 is 0 Å². The highest BCUT2D eigenvalue weighted by atomic mass is 15.3. The number of nitrogens with one attached hydrogen (secondary N) is 1. The van der Waals surface area contributed by atoms with Gasteiger partial charge in [-0.05, 0) is 32.4 Å². The van der Waals surface area contributed by atoms with Gasteiger partial charge in [0.25, 0.3) is 0 Å². The fraction of sp³-hybridized carbons (Fsp3) is 0.500. The fourth-order valence-electron chi connectivity index (χ4n) is 2.08. The first-order chi connectivity index (χ1) is 9.47. The van der Waals surface area contributed by atoms with E-state index in [1.807, 2.05) is 24.0 Å². The minimum Gasteiger partial charge on any atom is -0.310 e. The first-order valence-electron chi connectivity index (χ1n) is 7.20. The van der Waals surface area contributed by atoms with Crippen LogP contribution in [0.4, 0.5) is 0 Å². The van der Waals surface area contributed by atoms with Crippen molar-refractivity contribution in [2.45, 2.75) is 53.2 Å². The third-order valence-electron chi connectivity index (χ3n) is 3.27. The Bertz CT molecular complexity index is 570. The van der Waals surface area contributed by atoms with Crippen LogP contribution in [-0.4, -0.2) is 20.8 Å². The Balaban J connectivity index is 2.26. The number of aromatic nitrogens is 3. The van der Waals surface area contributed by atoms with Crippen LogP contribution in [0.25, 0.3) is 11.1 Å². The molecule has 0 aliphatic heterocycles. The van der Waals surface area contributed by atoms with Gasteiger partial charge in [0.05, 0.1) is 5.69 Å². The molecule has 0 bridgehead atoms. The highest BCUT2D eigenvalue weighted by Gasteiger charge is 2.10. The lowest BCUT2D eigenvalue weighted by Gasteiger charge is -2.08. The Morgan fingerprint density at radius 1 is 1.20 bits per heavy atom. The van der Waals surface area contributed by atoms with E-state index in [1.54, 1.807) is 0 Å². The summed E-state index contributed by atoms with van der Waals surface area (Å²) in [5.41, 5.74) is 4.55. The van der Waals surface area contributed by atoms with E-state index in [2.05, 4.69) is 55.4 Å². The topological polar surface area (TPSA) is 42.7 Å². The minimum atomic E-state index is 0.376. The van der Waals surface area contributed by atoms with Gasteiger partial charge in [0.2, 0.25) is 0 Å². The molecule has 0 radical (unpaired) electrons. The van der Waals surface area contributed by atoms with Gasteiger partial charge in [-0.2, -0.15) is 5.10 Å². The predicted octanol–water partition coefficient (Wildman–Crippen LogP) is 3.33. The quantitative estimate of drug-likeness (QED) is 0.908. The number of aryl methyl sites for hydroxylation is 1. The largest absolute Gasteiger partial charge is 0.310 e. The van der Waals surface area contributed by atoms with Gasteiger partial charge in [0.1, 0.15) is 0 Å². The van der Waals surface area contributed by atoms with E-state index in [9.17, 15) is 0 Å². The second kappa shape index (κ2) is 6.18. The number of hydrogen-bond donors (Lipinski definition) is 1. The monoisotopic (exact) mass is 272 g/mol. The molecule has 2 rings (SSSR count). The van der Waals surface area contributed by atoms with Crippen LogP contribution in [0.5, 0.6) is 0 Å². The zero-order chi connectivity index (χ0) is 14.7. The number of pyridine rings is 1. The molecule has 0 aliphatic carbocycles. The second-order valence-electron chi connectivity index (χ2n) is 5.82. The Morgan fingerprint density at radius 3 is 2.55 bits per heavy atom. The first kappa shape index (κ1) is 14.7. The molecule has 0 unspecified atom stereocenters. The van der Waals surface area contributed by atoms with Crippen molar-refractivity contribution < 1.29 is 0 Å². The van der Waals surface area contributed by atoms with Crippen molar-refractivity contribution in [3.63, 3.8) is 0 Å². The van der Waals surface area contributed by atoms with Crippen molar-refractivity contribution in [2.24, 2.45) is 0 Å². The van der Waals surface area contributed by atoms with Crippen molar-refractivity contribution >= 4 is 0 Å². The third kappa shape index (κ3) is 3.45. The first-order valence-corrected chi connectivity index (χ1v) is 7.20. The van der Waals surface area contributed by atoms with Crippen molar-refractivity contribution in [3.05, 3.63) is 35.9 Å². The van der Waals surface area contributed by atoms with E-state index in [4.69, 9.17) is 0 Å². The zero-order valence-corrected chi connectivity index (χ0v) is 13.0. The number of hydrogen-bond acceptors (Lipinski definition) is 3. The molecule has 0 aromatic carbocycles. The molecule has 0 aliphatic rings. The van der Waals surface area contributed by atoms with Gasteiger partial charge in [-0.15, -0.1) is 0 Å². The van der Waals surface area contributed by atoms with E-state index < -0.39 is 0 Å². The summed E-state index contributed by atoms with van der Waals surface area (Å²) in [6, 6.07) is 3.04. The molecular weight excluding hydrogens is 248 g/mol. The van der Waals surface area contributed by atoms with Crippen LogP contribution in [0.15, 0.2) is 24.7 Å². The average Bonchev–Trinajstić information content (AvgIpc) is 2.79. The number of rotatable bonds is 5. The summed E-state index contributed by atoms with van der Waals surface area (Å²) in [6.45, 7) is 11.5. The van der Waals surface area contributed by atoms with E-state index in [0.29, 0.717) is 12.1 Å². The summed E-state index contributed by atoms with van der Waals surface area (Å²) in [6.07, 6.45) is 5.94. The molecule has 2 heterocycles. The summed E-state index contributed by atoms with van der Waals surface area (Å²) >= 11 is 0. The maximum absolute atomic E-state index is 4.56. The van der Waals surface area contributed by atoms with Crippen molar-refractivity contribution in [2.75, 3.05) is 0 Å². The van der Waals surface area contributed by atoms with Gasteiger partial charge in [-0.3, -0.25) is 9.67 Å². The second-order valence-corrected chi connectivity index (χ2v) is 5.82. The summed E-state index contributed by atoms with van der Waals surface area (Å²) in [7, 11) is 0. The Kier molecular flexibility index (Phi) is 4.55. The van der Waals surface area contributed by atoms with E-state index in [0.717, 1.165) is 23.4 Å². The standard InChI is InChI=1S/C16H24N4/c1-11(2)18-8-14-6-15(9-17-7-14)16-10-20(12(3)4)19-13(16)5/h6-7,9-12,18H,8H2,1-5H3. The van der Waals surface area contributed by atoms with E-state index in [-0.39, 0.29) is 0 Å². The molecule has 0 fully saturated rings. The minimum absolute atomic E-state index is 0.376. The summed E-state index contributed by atoms with van der Waals surface area (Å²) in [5.74, 6) is 0. The third-order valence-corrected chi connectivity index (χ3v) is 3.27. The normalized spacial score (nSPS) is 11.6. The van der Waals surface area contributed by atoms with Crippen LogP contribution in [0, 0.1) is 6.92 Å². The van der Waals surface area contributed by atoms with Gasteiger partial charge < -0.3 is 5.32 Å². The molecule has 1 N–H and O–H groups in total. The SMILES string of the molecule is Cc1nn(C(C)C)cc1-c1cncc(CNC(C)C)c1. The van der Waals surface area contributed by atoms with Gasteiger partial charge >= 0.3 is 0 Å². The summed E-state index contributed by atoms with van der Waals surface area (Å²) in [4.78, 5) is 4.36. The maximum Gasteiger partial charge on any atom is 0.0672 e. The molecule has 4 nitrogen and oxygen atoms in total. The lowest BCUT2D eigenvalue weighted by Crippen LogP contribution is -2.21. The fourth-order valence-corrected chi connectivity index (χ4v) is 2.08. The highest BCUT2D eigenvalue weighted by Crippen LogP contribution is 2.24. The molecule has 4 heteroatoms. The molecular formula is C16H24N4. The van der Waals surface area contributed by atoms with Crippen LogP contribution >= 0.6 is 0 Å². The predicted molar refractivity (Wildman–Crippen MR) is 82.6 cm³/mol. The molecule has 20 heavy (non-hydrogen) atoms. The Labute approximate surface area is 121 Å². The van der Waals surface area contributed by atoms with Gasteiger partial charge in [-0.25, -0.2) is 0 Å². The molecule has 0 atom stereocenters. The van der Waals surface area contributed by atoms with Crippen molar-refractivity contribution in [3.8, 4) is 11.1 Å². The molecule has 0 amide bonds. The van der Waals surface area contributed by atoms with Crippen molar-refractivity contribution in [1.82, 2.24) is 20.1 Å². The van der Waals surface area contributed by atoms with Crippen LogP contribution in [0.3, 0.4) is 0 Å². The van der Waals surface area contributed by atoms with E-state index in [1.165, 1.54) is 5.56 Å². The van der Waals surface area contributed by atoms with Gasteiger partial charge in [-0.1, -0.05) is 13.8 Å². The zero-order valence-electron chi connectivity index (χ0n) is 13.0. The van der Waals surface area contributed by atoms with Crippen LogP contribution < -0.4 is 5.32 Å². The number of nitrogens with zero attached hydrogens (tertiary/aromatic N) is 3. The highest BCUT2D eigenvalue weighted by molar-refractivity contribution is 5.64. The lowest BCUT2D eigenvalue weighted by molar-refractivity contribution is 0.529. The van der Waals surface area contributed by atoms with Gasteiger partial charge in [0, 0.05) is 48.3 Å². The molecule has 2 aromatic rings. The maximum atomic E-state index is 4.56. The Hall–Kier alpha value is -1.68.